The highest BCUT2D eigenvalue weighted by Gasteiger charge is 2.36. The largest absolute Gasteiger partial charge is 0.339 e. The quantitative estimate of drug-likeness (QED) is 0.734. The van der Waals surface area contributed by atoms with Crippen LogP contribution in [0.1, 0.15) is 23.8 Å². The second kappa shape index (κ2) is 6.08. The van der Waals surface area contributed by atoms with Crippen LogP contribution in [-0.4, -0.2) is 27.6 Å². The Hall–Kier alpha value is -3.09. The number of pyridine rings is 1. The first-order valence-corrected chi connectivity index (χ1v) is 7.93. The van der Waals surface area contributed by atoms with Crippen LogP contribution in [0.5, 0.6) is 0 Å². The molecule has 6 nitrogen and oxygen atoms in total. The second-order valence-corrected chi connectivity index (χ2v) is 5.99. The van der Waals surface area contributed by atoms with Crippen molar-refractivity contribution in [2.45, 2.75) is 19.3 Å². The summed E-state index contributed by atoms with van der Waals surface area (Å²) in [5.74, 6) is 0.220. The Morgan fingerprint density at radius 3 is 2.96 bits per heavy atom. The highest BCUT2D eigenvalue weighted by molar-refractivity contribution is 5.97. The fourth-order valence-electron chi connectivity index (χ4n) is 3.01. The van der Waals surface area contributed by atoms with E-state index in [0.717, 1.165) is 5.56 Å². The molecule has 1 saturated heterocycles. The lowest BCUT2D eigenvalue weighted by atomic mass is 10.1. The summed E-state index contributed by atoms with van der Waals surface area (Å²) in [5, 5.41) is 3.97. The highest BCUT2D eigenvalue weighted by Crippen LogP contribution is 2.33. The fraction of sp³-hybridized carbons (Fsp3) is 0.222. The Balaban J connectivity index is 1.59. The van der Waals surface area contributed by atoms with Crippen LogP contribution in [0.3, 0.4) is 0 Å². The molecule has 0 bridgehead atoms. The summed E-state index contributed by atoms with van der Waals surface area (Å²) in [6.45, 7) is 2.05. The SMILES string of the molecule is Cc1c(F)cccc1N1CC(c2nc(-c3cccnc3)no2)CC1=O. The first kappa shape index (κ1) is 15.4. The van der Waals surface area contributed by atoms with Crippen molar-refractivity contribution in [2.75, 3.05) is 11.4 Å². The number of aromatic nitrogens is 3. The summed E-state index contributed by atoms with van der Waals surface area (Å²) in [4.78, 5) is 22.4. The van der Waals surface area contributed by atoms with Crippen molar-refractivity contribution in [2.24, 2.45) is 0 Å². The lowest BCUT2D eigenvalue weighted by Crippen LogP contribution is -2.25. The third-order valence-corrected chi connectivity index (χ3v) is 4.37. The molecule has 0 aliphatic carbocycles. The number of hydrogen-bond acceptors (Lipinski definition) is 5. The first-order chi connectivity index (χ1) is 12.1. The number of rotatable bonds is 3. The van der Waals surface area contributed by atoms with Crippen LogP contribution in [0.2, 0.25) is 0 Å². The average molecular weight is 338 g/mol. The first-order valence-electron chi connectivity index (χ1n) is 7.93. The van der Waals surface area contributed by atoms with Crippen molar-refractivity contribution < 1.29 is 13.7 Å². The number of anilines is 1. The summed E-state index contributed by atoms with van der Waals surface area (Å²) in [7, 11) is 0. The fourth-order valence-corrected chi connectivity index (χ4v) is 3.01. The molecule has 4 rings (SSSR count). The highest BCUT2D eigenvalue weighted by atomic mass is 19.1. The van der Waals surface area contributed by atoms with Gasteiger partial charge >= 0.3 is 0 Å². The van der Waals surface area contributed by atoms with E-state index in [1.165, 1.54) is 6.07 Å². The molecule has 1 amide bonds. The summed E-state index contributed by atoms with van der Waals surface area (Å²) in [5.41, 5.74) is 1.79. The molecule has 7 heteroatoms. The summed E-state index contributed by atoms with van der Waals surface area (Å²) < 4.78 is 19.1. The maximum Gasteiger partial charge on any atom is 0.232 e. The van der Waals surface area contributed by atoms with E-state index in [0.29, 0.717) is 29.5 Å². The van der Waals surface area contributed by atoms with Gasteiger partial charge in [-0.3, -0.25) is 9.78 Å². The maximum atomic E-state index is 13.8. The molecule has 1 aliphatic rings. The van der Waals surface area contributed by atoms with E-state index < -0.39 is 0 Å². The van der Waals surface area contributed by atoms with Gasteiger partial charge in [0.05, 0.1) is 5.92 Å². The standard InChI is InChI=1S/C18H15FN4O2/c1-11-14(19)5-2-6-15(11)23-10-13(8-16(23)24)18-21-17(22-25-18)12-4-3-7-20-9-12/h2-7,9,13H,8,10H2,1H3. The predicted molar refractivity (Wildman–Crippen MR) is 88.4 cm³/mol. The number of carbonyl (C=O) groups excluding carboxylic acids is 1. The van der Waals surface area contributed by atoms with E-state index in [9.17, 15) is 9.18 Å². The van der Waals surface area contributed by atoms with Gasteiger partial charge in [-0.25, -0.2) is 4.39 Å². The van der Waals surface area contributed by atoms with E-state index in [4.69, 9.17) is 4.52 Å². The Morgan fingerprint density at radius 1 is 1.28 bits per heavy atom. The van der Waals surface area contributed by atoms with Crippen LogP contribution in [0.4, 0.5) is 10.1 Å². The smallest absolute Gasteiger partial charge is 0.232 e. The molecule has 2 aromatic heterocycles. The van der Waals surface area contributed by atoms with Gasteiger partial charge in [0.2, 0.25) is 17.6 Å². The molecule has 3 aromatic rings. The van der Waals surface area contributed by atoms with Crippen LogP contribution in [-0.2, 0) is 4.79 Å². The summed E-state index contributed by atoms with van der Waals surface area (Å²) in [6.07, 6.45) is 3.57. The van der Waals surface area contributed by atoms with Crippen LogP contribution < -0.4 is 4.90 Å². The third-order valence-electron chi connectivity index (χ3n) is 4.37. The lowest BCUT2D eigenvalue weighted by molar-refractivity contribution is -0.117. The van der Waals surface area contributed by atoms with Crippen molar-refractivity contribution in [3.05, 3.63) is 60.0 Å². The van der Waals surface area contributed by atoms with Gasteiger partial charge in [-0.2, -0.15) is 4.98 Å². The van der Waals surface area contributed by atoms with Gasteiger partial charge in [0.25, 0.3) is 0 Å². The van der Waals surface area contributed by atoms with E-state index >= 15 is 0 Å². The lowest BCUT2D eigenvalue weighted by Gasteiger charge is -2.18. The normalized spacial score (nSPS) is 17.3. The minimum absolute atomic E-state index is 0.0835. The molecule has 1 fully saturated rings. The zero-order valence-electron chi connectivity index (χ0n) is 13.5. The van der Waals surface area contributed by atoms with Crippen LogP contribution >= 0.6 is 0 Å². The molecular weight excluding hydrogens is 323 g/mol. The molecule has 126 valence electrons. The van der Waals surface area contributed by atoms with E-state index in [2.05, 4.69) is 15.1 Å². The molecule has 0 saturated carbocycles. The van der Waals surface area contributed by atoms with Gasteiger partial charge in [-0.1, -0.05) is 11.2 Å². The number of carbonyl (C=O) groups is 1. The monoisotopic (exact) mass is 338 g/mol. The van der Waals surface area contributed by atoms with Crippen molar-refractivity contribution in [3.8, 4) is 11.4 Å². The second-order valence-electron chi connectivity index (χ2n) is 5.99. The molecule has 1 aliphatic heterocycles. The predicted octanol–water partition coefficient (Wildman–Crippen LogP) is 3.10. The summed E-state index contributed by atoms with van der Waals surface area (Å²) in [6, 6.07) is 8.36. The van der Waals surface area contributed by atoms with Crippen molar-refractivity contribution in [1.29, 1.82) is 0 Å². The maximum absolute atomic E-state index is 13.8. The minimum atomic E-state index is -0.328. The topological polar surface area (TPSA) is 72.1 Å². The Bertz CT molecular complexity index is 926. The van der Waals surface area contributed by atoms with Gasteiger partial charge in [0.15, 0.2) is 0 Å². The zero-order valence-corrected chi connectivity index (χ0v) is 13.5. The molecule has 25 heavy (non-hydrogen) atoms. The molecule has 1 unspecified atom stereocenters. The number of halogens is 1. The van der Waals surface area contributed by atoms with Gasteiger partial charge < -0.3 is 9.42 Å². The van der Waals surface area contributed by atoms with Crippen molar-refractivity contribution in [1.82, 2.24) is 15.1 Å². The van der Waals surface area contributed by atoms with E-state index in [1.54, 1.807) is 42.4 Å². The Morgan fingerprint density at radius 2 is 2.16 bits per heavy atom. The molecule has 1 atom stereocenters. The van der Waals surface area contributed by atoms with Crippen LogP contribution in [0.25, 0.3) is 11.4 Å². The molecular formula is C18H15FN4O2. The Labute approximate surface area is 143 Å². The van der Waals surface area contributed by atoms with Gasteiger partial charge in [-0.15, -0.1) is 0 Å². The minimum Gasteiger partial charge on any atom is -0.339 e. The molecule has 1 aromatic carbocycles. The molecule has 0 radical (unpaired) electrons. The van der Waals surface area contributed by atoms with Crippen LogP contribution in [0.15, 0.2) is 47.2 Å². The van der Waals surface area contributed by atoms with E-state index in [-0.39, 0.29) is 24.1 Å². The summed E-state index contributed by atoms with van der Waals surface area (Å²) >= 11 is 0. The Kier molecular flexibility index (Phi) is 3.76. The number of amides is 1. The van der Waals surface area contributed by atoms with Gasteiger partial charge in [-0.05, 0) is 31.2 Å². The van der Waals surface area contributed by atoms with Gasteiger partial charge in [0, 0.05) is 42.2 Å². The van der Waals surface area contributed by atoms with Crippen molar-refractivity contribution in [3.63, 3.8) is 0 Å². The number of nitrogens with zero attached hydrogens (tertiary/aromatic N) is 4. The van der Waals surface area contributed by atoms with Gasteiger partial charge in [0.1, 0.15) is 5.82 Å². The van der Waals surface area contributed by atoms with Crippen LogP contribution in [0, 0.1) is 12.7 Å². The molecule has 0 N–H and O–H groups in total. The number of hydrogen-bond donors (Lipinski definition) is 0. The molecule has 0 spiro atoms. The average Bonchev–Trinajstić information content (AvgIpc) is 3.25. The number of benzene rings is 1. The molecule has 3 heterocycles. The third kappa shape index (κ3) is 2.77. The van der Waals surface area contributed by atoms with Crippen molar-refractivity contribution >= 4 is 11.6 Å². The van der Waals surface area contributed by atoms with E-state index in [1.807, 2.05) is 6.07 Å². The zero-order chi connectivity index (χ0) is 17.4.